The standard InChI is InChI=1S/C21H25NO3/c1-5-17-9-11-19(12-10-17)25-16(4)21(23)22-18-7-6-8-20(13-18)24-14-15(2)3/h6-13,16H,2,5,14H2,1,3-4H3,(H,22,23). The summed E-state index contributed by atoms with van der Waals surface area (Å²) in [6.45, 7) is 9.98. The molecular formula is C21H25NO3. The molecule has 0 aliphatic carbocycles. The molecule has 2 aromatic rings. The van der Waals surface area contributed by atoms with Crippen molar-refractivity contribution in [1.29, 1.82) is 0 Å². The van der Waals surface area contributed by atoms with Crippen LogP contribution in [0.5, 0.6) is 11.5 Å². The second kappa shape index (κ2) is 8.92. The zero-order valence-electron chi connectivity index (χ0n) is 15.0. The van der Waals surface area contributed by atoms with E-state index in [0.29, 0.717) is 23.8 Å². The van der Waals surface area contributed by atoms with Crippen LogP contribution in [-0.4, -0.2) is 18.6 Å². The van der Waals surface area contributed by atoms with Crippen LogP contribution in [0.3, 0.4) is 0 Å². The molecule has 0 aromatic heterocycles. The Balaban J connectivity index is 1.93. The lowest BCUT2D eigenvalue weighted by molar-refractivity contribution is -0.122. The van der Waals surface area contributed by atoms with Crippen molar-refractivity contribution < 1.29 is 14.3 Å². The van der Waals surface area contributed by atoms with Gasteiger partial charge in [0.1, 0.15) is 18.1 Å². The summed E-state index contributed by atoms with van der Waals surface area (Å²) in [4.78, 5) is 12.3. The average molecular weight is 339 g/mol. The van der Waals surface area contributed by atoms with Gasteiger partial charge < -0.3 is 14.8 Å². The van der Waals surface area contributed by atoms with Crippen molar-refractivity contribution in [2.24, 2.45) is 0 Å². The molecule has 1 amide bonds. The van der Waals surface area contributed by atoms with E-state index in [1.165, 1.54) is 5.56 Å². The summed E-state index contributed by atoms with van der Waals surface area (Å²) >= 11 is 0. The Kier molecular flexibility index (Phi) is 6.63. The molecule has 2 aromatic carbocycles. The van der Waals surface area contributed by atoms with E-state index in [2.05, 4.69) is 18.8 Å². The number of carbonyl (C=O) groups excluding carboxylic acids is 1. The fourth-order valence-corrected chi connectivity index (χ4v) is 2.18. The van der Waals surface area contributed by atoms with Gasteiger partial charge in [0, 0.05) is 11.8 Å². The minimum Gasteiger partial charge on any atom is -0.489 e. The first-order valence-electron chi connectivity index (χ1n) is 8.41. The van der Waals surface area contributed by atoms with E-state index in [1.54, 1.807) is 13.0 Å². The van der Waals surface area contributed by atoms with E-state index in [1.807, 2.05) is 49.4 Å². The largest absolute Gasteiger partial charge is 0.489 e. The highest BCUT2D eigenvalue weighted by Gasteiger charge is 2.15. The van der Waals surface area contributed by atoms with Crippen molar-refractivity contribution in [3.63, 3.8) is 0 Å². The van der Waals surface area contributed by atoms with Gasteiger partial charge in [-0.05, 0) is 55.7 Å². The van der Waals surface area contributed by atoms with Crippen molar-refractivity contribution in [3.05, 3.63) is 66.2 Å². The van der Waals surface area contributed by atoms with Crippen LogP contribution in [0.1, 0.15) is 26.3 Å². The Hall–Kier alpha value is -2.75. The number of ether oxygens (including phenoxy) is 2. The van der Waals surface area contributed by atoms with Crippen LogP contribution in [0.25, 0.3) is 0 Å². The zero-order chi connectivity index (χ0) is 18.2. The first-order valence-corrected chi connectivity index (χ1v) is 8.41. The lowest BCUT2D eigenvalue weighted by Gasteiger charge is -2.15. The van der Waals surface area contributed by atoms with E-state index in [4.69, 9.17) is 9.47 Å². The van der Waals surface area contributed by atoms with E-state index >= 15 is 0 Å². The Morgan fingerprint density at radius 3 is 2.52 bits per heavy atom. The number of amides is 1. The predicted molar refractivity (Wildman–Crippen MR) is 101 cm³/mol. The third-order valence-corrected chi connectivity index (χ3v) is 3.60. The Bertz CT molecular complexity index is 722. The summed E-state index contributed by atoms with van der Waals surface area (Å²) < 4.78 is 11.3. The van der Waals surface area contributed by atoms with Crippen LogP contribution >= 0.6 is 0 Å². The molecule has 0 saturated carbocycles. The highest BCUT2D eigenvalue weighted by atomic mass is 16.5. The molecule has 25 heavy (non-hydrogen) atoms. The predicted octanol–water partition coefficient (Wildman–Crippen LogP) is 4.61. The van der Waals surface area contributed by atoms with Gasteiger partial charge in [-0.25, -0.2) is 0 Å². The number of hydrogen-bond donors (Lipinski definition) is 1. The number of aryl methyl sites for hydroxylation is 1. The second-order valence-electron chi connectivity index (χ2n) is 6.02. The maximum absolute atomic E-state index is 12.3. The van der Waals surface area contributed by atoms with Crippen LogP contribution in [0.2, 0.25) is 0 Å². The molecule has 0 spiro atoms. The maximum Gasteiger partial charge on any atom is 0.265 e. The van der Waals surface area contributed by atoms with Crippen molar-refractivity contribution in [2.45, 2.75) is 33.3 Å². The summed E-state index contributed by atoms with van der Waals surface area (Å²) in [7, 11) is 0. The maximum atomic E-state index is 12.3. The van der Waals surface area contributed by atoms with Gasteiger partial charge >= 0.3 is 0 Å². The van der Waals surface area contributed by atoms with Gasteiger partial charge in [-0.15, -0.1) is 0 Å². The summed E-state index contributed by atoms with van der Waals surface area (Å²) in [6.07, 6.45) is 0.368. The minimum atomic E-state index is -0.604. The molecule has 0 aliphatic heterocycles. The van der Waals surface area contributed by atoms with Crippen LogP contribution in [0.4, 0.5) is 5.69 Å². The molecule has 2 rings (SSSR count). The normalized spacial score (nSPS) is 11.5. The molecule has 1 unspecified atom stereocenters. The number of carbonyl (C=O) groups is 1. The average Bonchev–Trinajstić information content (AvgIpc) is 2.61. The van der Waals surface area contributed by atoms with Gasteiger partial charge in [-0.2, -0.15) is 0 Å². The Labute approximate surface area is 149 Å². The lowest BCUT2D eigenvalue weighted by Crippen LogP contribution is -2.30. The molecule has 1 atom stereocenters. The van der Waals surface area contributed by atoms with Gasteiger partial charge in [-0.3, -0.25) is 4.79 Å². The molecule has 132 valence electrons. The third-order valence-electron chi connectivity index (χ3n) is 3.60. The molecule has 4 nitrogen and oxygen atoms in total. The van der Waals surface area contributed by atoms with Crippen molar-refractivity contribution in [1.82, 2.24) is 0 Å². The van der Waals surface area contributed by atoms with E-state index in [9.17, 15) is 4.79 Å². The molecule has 0 saturated heterocycles. The summed E-state index contributed by atoms with van der Waals surface area (Å²) in [5.41, 5.74) is 2.84. The first-order chi connectivity index (χ1) is 12.0. The van der Waals surface area contributed by atoms with Crippen molar-refractivity contribution >= 4 is 11.6 Å². The fourth-order valence-electron chi connectivity index (χ4n) is 2.18. The minimum absolute atomic E-state index is 0.211. The van der Waals surface area contributed by atoms with Crippen LogP contribution in [0.15, 0.2) is 60.7 Å². The monoisotopic (exact) mass is 339 g/mol. The highest BCUT2D eigenvalue weighted by Crippen LogP contribution is 2.19. The lowest BCUT2D eigenvalue weighted by atomic mass is 10.2. The molecule has 0 bridgehead atoms. The summed E-state index contributed by atoms with van der Waals surface area (Å²) in [6, 6.07) is 15.0. The van der Waals surface area contributed by atoms with Crippen LogP contribution in [-0.2, 0) is 11.2 Å². The van der Waals surface area contributed by atoms with E-state index in [-0.39, 0.29) is 5.91 Å². The number of anilines is 1. The van der Waals surface area contributed by atoms with E-state index in [0.717, 1.165) is 12.0 Å². The number of nitrogens with one attached hydrogen (secondary N) is 1. The first kappa shape index (κ1) is 18.6. The topological polar surface area (TPSA) is 47.6 Å². The summed E-state index contributed by atoms with van der Waals surface area (Å²) in [5, 5.41) is 2.85. The van der Waals surface area contributed by atoms with Crippen molar-refractivity contribution in [2.75, 3.05) is 11.9 Å². The Morgan fingerprint density at radius 2 is 1.88 bits per heavy atom. The van der Waals surface area contributed by atoms with Gasteiger partial charge in [0.25, 0.3) is 5.91 Å². The Morgan fingerprint density at radius 1 is 1.16 bits per heavy atom. The SMILES string of the molecule is C=C(C)COc1cccc(NC(=O)C(C)Oc2ccc(CC)cc2)c1. The highest BCUT2D eigenvalue weighted by molar-refractivity contribution is 5.94. The van der Waals surface area contributed by atoms with Gasteiger partial charge in [0.15, 0.2) is 6.10 Å². The molecule has 4 heteroatoms. The number of rotatable bonds is 8. The smallest absolute Gasteiger partial charge is 0.265 e. The fraction of sp³-hybridized carbons (Fsp3) is 0.286. The molecule has 0 fully saturated rings. The third kappa shape index (κ3) is 5.99. The second-order valence-corrected chi connectivity index (χ2v) is 6.02. The molecule has 0 radical (unpaired) electrons. The zero-order valence-corrected chi connectivity index (χ0v) is 15.0. The van der Waals surface area contributed by atoms with Crippen LogP contribution in [0, 0.1) is 0 Å². The molecular weight excluding hydrogens is 314 g/mol. The molecule has 0 aliphatic rings. The summed E-state index contributed by atoms with van der Waals surface area (Å²) in [5.74, 6) is 1.15. The quantitative estimate of drug-likeness (QED) is 0.715. The van der Waals surface area contributed by atoms with Crippen molar-refractivity contribution in [3.8, 4) is 11.5 Å². The van der Waals surface area contributed by atoms with Gasteiger partial charge in [-0.1, -0.05) is 31.7 Å². The van der Waals surface area contributed by atoms with Crippen LogP contribution < -0.4 is 14.8 Å². The molecule has 0 heterocycles. The van der Waals surface area contributed by atoms with Gasteiger partial charge in [0.05, 0.1) is 0 Å². The number of hydrogen-bond acceptors (Lipinski definition) is 3. The molecule has 1 N–H and O–H groups in total. The van der Waals surface area contributed by atoms with E-state index < -0.39 is 6.10 Å². The number of benzene rings is 2. The van der Waals surface area contributed by atoms with Gasteiger partial charge in [0.2, 0.25) is 0 Å².